The van der Waals surface area contributed by atoms with Crippen LogP contribution in [-0.4, -0.2) is 60.5 Å². The summed E-state index contributed by atoms with van der Waals surface area (Å²) in [7, 11) is -3.65. The Bertz CT molecular complexity index is 663. The van der Waals surface area contributed by atoms with E-state index in [1.54, 1.807) is 18.7 Å². The molecule has 2 amide bonds. The van der Waals surface area contributed by atoms with Gasteiger partial charge in [0.25, 0.3) is 0 Å². The van der Waals surface area contributed by atoms with Crippen LogP contribution >= 0.6 is 0 Å². The molecule has 0 bridgehead atoms. The van der Waals surface area contributed by atoms with Gasteiger partial charge in [0.2, 0.25) is 10.0 Å². The molecule has 1 N–H and O–H groups in total. The fourth-order valence-corrected chi connectivity index (χ4v) is 4.22. The molecule has 0 radical (unpaired) electrons. The Labute approximate surface area is 136 Å². The molecule has 1 aromatic heterocycles. The molecular weight excluding hydrogens is 320 g/mol. The lowest BCUT2D eigenvalue weighted by atomic mass is 10.1. The maximum Gasteiger partial charge on any atom is 0.317 e. The largest absolute Gasteiger partial charge is 0.360 e. The van der Waals surface area contributed by atoms with Crippen LogP contribution in [0.4, 0.5) is 4.79 Å². The minimum Gasteiger partial charge on any atom is -0.360 e. The third kappa shape index (κ3) is 3.84. The van der Waals surface area contributed by atoms with E-state index in [4.69, 9.17) is 4.52 Å². The van der Waals surface area contributed by atoms with Crippen molar-refractivity contribution in [3.63, 3.8) is 0 Å². The quantitative estimate of drug-likeness (QED) is 0.867. The first-order valence-corrected chi connectivity index (χ1v) is 8.96. The van der Waals surface area contributed by atoms with Gasteiger partial charge in [-0.25, -0.2) is 13.2 Å². The topological polar surface area (TPSA) is 95.8 Å². The molecule has 1 fully saturated rings. The van der Waals surface area contributed by atoms with Crippen LogP contribution in [0.3, 0.4) is 0 Å². The zero-order chi connectivity index (χ0) is 17.4. The first-order valence-electron chi connectivity index (χ1n) is 7.52. The minimum absolute atomic E-state index is 0.130. The number of nitrogens with one attached hydrogen (secondary N) is 1. The van der Waals surface area contributed by atoms with Crippen molar-refractivity contribution >= 4 is 16.1 Å². The highest BCUT2D eigenvalue weighted by Gasteiger charge is 2.34. The zero-order valence-corrected chi connectivity index (χ0v) is 15.0. The highest BCUT2D eigenvalue weighted by Crippen LogP contribution is 2.24. The van der Waals surface area contributed by atoms with Gasteiger partial charge in [-0.3, -0.25) is 0 Å². The highest BCUT2D eigenvalue weighted by atomic mass is 32.2. The van der Waals surface area contributed by atoms with Crippen LogP contribution in [-0.2, 0) is 10.0 Å². The molecule has 0 atom stereocenters. The number of carbonyl (C=O) groups excluding carboxylic acids is 1. The van der Waals surface area contributed by atoms with Crippen LogP contribution in [0.5, 0.6) is 0 Å². The molecular formula is C14H24N4O4S. The number of sulfonamides is 1. The standard InChI is InChI=1S/C14H24N4O4S/c1-10-12(11(2)22-16-10)23(20,21)18-8-6-17(7-9-18)13(19)15-14(3,4)5/h6-9H2,1-5H3,(H,15,19). The Balaban J connectivity index is 2.06. The summed E-state index contributed by atoms with van der Waals surface area (Å²) >= 11 is 0. The number of amides is 2. The summed E-state index contributed by atoms with van der Waals surface area (Å²) in [6.45, 7) is 10.1. The van der Waals surface area contributed by atoms with Gasteiger partial charge in [0.1, 0.15) is 10.6 Å². The summed E-state index contributed by atoms with van der Waals surface area (Å²) in [5, 5.41) is 6.59. The monoisotopic (exact) mass is 344 g/mol. The van der Waals surface area contributed by atoms with E-state index in [1.165, 1.54) is 4.31 Å². The smallest absolute Gasteiger partial charge is 0.317 e. The van der Waals surface area contributed by atoms with E-state index in [-0.39, 0.29) is 35.3 Å². The van der Waals surface area contributed by atoms with Crippen molar-refractivity contribution < 1.29 is 17.7 Å². The first kappa shape index (κ1) is 17.7. The number of aryl methyl sites for hydroxylation is 2. The Kier molecular flexibility index (Phi) is 4.72. The fraction of sp³-hybridized carbons (Fsp3) is 0.714. The molecule has 9 heteroatoms. The molecule has 0 unspecified atom stereocenters. The third-order valence-corrected chi connectivity index (χ3v) is 5.72. The molecule has 1 aliphatic heterocycles. The van der Waals surface area contributed by atoms with Crippen LogP contribution in [0.25, 0.3) is 0 Å². The molecule has 1 aliphatic rings. The summed E-state index contributed by atoms with van der Waals surface area (Å²) in [4.78, 5) is 13.9. The number of piperazine rings is 1. The van der Waals surface area contributed by atoms with Crippen molar-refractivity contribution in [2.75, 3.05) is 26.2 Å². The number of urea groups is 1. The van der Waals surface area contributed by atoms with E-state index < -0.39 is 10.0 Å². The van der Waals surface area contributed by atoms with Gasteiger partial charge in [-0.05, 0) is 34.6 Å². The number of rotatable bonds is 2. The molecule has 8 nitrogen and oxygen atoms in total. The minimum atomic E-state index is -3.65. The molecule has 0 aliphatic carbocycles. The number of nitrogens with zero attached hydrogens (tertiary/aromatic N) is 3. The van der Waals surface area contributed by atoms with Crippen molar-refractivity contribution in [1.82, 2.24) is 19.7 Å². The normalized spacial score (nSPS) is 17.3. The lowest BCUT2D eigenvalue weighted by Gasteiger charge is -2.35. The average Bonchev–Trinajstić information content (AvgIpc) is 2.77. The van der Waals surface area contributed by atoms with Gasteiger partial charge >= 0.3 is 6.03 Å². The fourth-order valence-electron chi connectivity index (χ4n) is 2.50. The maximum atomic E-state index is 12.7. The third-order valence-electron chi connectivity index (χ3n) is 3.57. The zero-order valence-electron chi connectivity index (χ0n) is 14.2. The van der Waals surface area contributed by atoms with Crippen LogP contribution in [0, 0.1) is 13.8 Å². The molecule has 2 rings (SSSR count). The van der Waals surface area contributed by atoms with Gasteiger partial charge in [0.15, 0.2) is 5.76 Å². The van der Waals surface area contributed by atoms with Crippen LogP contribution in [0.1, 0.15) is 32.2 Å². The summed E-state index contributed by atoms with van der Waals surface area (Å²) in [6, 6.07) is -0.174. The Morgan fingerprint density at radius 1 is 1.17 bits per heavy atom. The number of hydrogen-bond acceptors (Lipinski definition) is 5. The van der Waals surface area contributed by atoms with Gasteiger partial charge in [-0.2, -0.15) is 4.31 Å². The highest BCUT2D eigenvalue weighted by molar-refractivity contribution is 7.89. The Morgan fingerprint density at radius 2 is 1.74 bits per heavy atom. The van der Waals surface area contributed by atoms with E-state index in [2.05, 4.69) is 10.5 Å². The summed E-state index contributed by atoms with van der Waals surface area (Å²) in [6.07, 6.45) is 0. The van der Waals surface area contributed by atoms with Crippen molar-refractivity contribution in [2.45, 2.75) is 45.1 Å². The van der Waals surface area contributed by atoms with E-state index in [0.717, 1.165) is 0 Å². The van der Waals surface area contributed by atoms with Crippen LogP contribution in [0.15, 0.2) is 9.42 Å². The second-order valence-corrected chi connectivity index (χ2v) is 8.60. The average molecular weight is 344 g/mol. The SMILES string of the molecule is Cc1noc(C)c1S(=O)(=O)N1CCN(C(=O)NC(C)(C)C)CC1. The molecule has 0 saturated carbocycles. The number of aromatic nitrogens is 1. The molecule has 1 saturated heterocycles. The van der Waals surface area contributed by atoms with Crippen molar-refractivity contribution in [3.05, 3.63) is 11.5 Å². The Morgan fingerprint density at radius 3 is 2.17 bits per heavy atom. The van der Waals surface area contributed by atoms with E-state index >= 15 is 0 Å². The second-order valence-electron chi connectivity index (χ2n) is 6.72. The summed E-state index contributed by atoms with van der Waals surface area (Å²) in [5.41, 5.74) is 0.0344. The van der Waals surface area contributed by atoms with Crippen LogP contribution < -0.4 is 5.32 Å². The lowest BCUT2D eigenvalue weighted by Crippen LogP contribution is -2.55. The van der Waals surface area contributed by atoms with E-state index in [1.807, 2.05) is 20.8 Å². The predicted molar refractivity (Wildman–Crippen MR) is 84.6 cm³/mol. The van der Waals surface area contributed by atoms with Crippen LogP contribution in [0.2, 0.25) is 0 Å². The van der Waals surface area contributed by atoms with E-state index in [9.17, 15) is 13.2 Å². The van der Waals surface area contributed by atoms with Gasteiger partial charge in [-0.15, -0.1) is 0 Å². The molecule has 2 heterocycles. The predicted octanol–water partition coefficient (Wildman–Crippen LogP) is 1.11. The molecule has 0 aromatic carbocycles. The van der Waals surface area contributed by atoms with Gasteiger partial charge in [-0.1, -0.05) is 5.16 Å². The second kappa shape index (κ2) is 6.12. The number of hydrogen-bond donors (Lipinski definition) is 1. The molecule has 1 aromatic rings. The van der Waals surface area contributed by atoms with Crippen molar-refractivity contribution in [1.29, 1.82) is 0 Å². The summed E-state index contributed by atoms with van der Waals surface area (Å²) < 4.78 is 31.7. The molecule has 0 spiro atoms. The lowest BCUT2D eigenvalue weighted by molar-refractivity contribution is 0.165. The van der Waals surface area contributed by atoms with Crippen molar-refractivity contribution in [2.24, 2.45) is 0 Å². The van der Waals surface area contributed by atoms with Gasteiger partial charge < -0.3 is 14.7 Å². The Hall–Kier alpha value is -1.61. The maximum absolute atomic E-state index is 12.7. The molecule has 130 valence electrons. The summed E-state index contributed by atoms with van der Waals surface area (Å²) in [5.74, 6) is 0.287. The number of carbonyl (C=O) groups is 1. The van der Waals surface area contributed by atoms with Gasteiger partial charge in [0.05, 0.1) is 0 Å². The van der Waals surface area contributed by atoms with Gasteiger partial charge in [0, 0.05) is 31.7 Å². The first-order chi connectivity index (χ1) is 10.5. The molecule has 23 heavy (non-hydrogen) atoms. The van der Waals surface area contributed by atoms with Crippen molar-refractivity contribution in [3.8, 4) is 0 Å². The van der Waals surface area contributed by atoms with E-state index in [0.29, 0.717) is 18.8 Å².